The predicted octanol–water partition coefficient (Wildman–Crippen LogP) is 3.42. The van der Waals surface area contributed by atoms with Crippen LogP contribution < -0.4 is 19.7 Å². The number of carbonyl (C=O) groups excluding carboxylic acids is 2. The monoisotopic (exact) mass is 560 g/mol. The van der Waals surface area contributed by atoms with Crippen LogP contribution in [-0.2, 0) is 12.0 Å². The second kappa shape index (κ2) is 12.2. The fourth-order valence-corrected chi connectivity index (χ4v) is 5.44. The van der Waals surface area contributed by atoms with E-state index in [1.807, 2.05) is 19.1 Å². The number of methoxy groups -OCH3 is 1. The third-order valence-electron chi connectivity index (χ3n) is 7.65. The highest BCUT2D eigenvalue weighted by Gasteiger charge is 2.31. The van der Waals surface area contributed by atoms with Crippen molar-refractivity contribution in [3.8, 4) is 17.6 Å². The summed E-state index contributed by atoms with van der Waals surface area (Å²) in [6.45, 7) is 12.3. The Balaban J connectivity index is 1.64. The van der Waals surface area contributed by atoms with Crippen LogP contribution in [0.15, 0.2) is 24.3 Å². The lowest BCUT2D eigenvalue weighted by molar-refractivity contribution is 0.0953. The molecule has 0 aliphatic carbocycles. The van der Waals surface area contributed by atoms with E-state index in [2.05, 4.69) is 42.0 Å². The smallest absolute Gasteiger partial charge is 0.254 e. The Morgan fingerprint density at radius 2 is 1.83 bits per heavy atom. The Hall–Kier alpha value is -4.10. The molecule has 2 aromatic carbocycles. The second-order valence-corrected chi connectivity index (χ2v) is 11.4. The zero-order chi connectivity index (χ0) is 29.9. The van der Waals surface area contributed by atoms with E-state index in [1.165, 1.54) is 0 Å². The molecule has 2 N–H and O–H groups in total. The molecule has 2 aliphatic heterocycles. The summed E-state index contributed by atoms with van der Waals surface area (Å²) >= 11 is 0. The minimum atomic E-state index is -0.285. The average Bonchev–Trinajstić information content (AvgIpc) is 3.25. The molecule has 2 aromatic rings. The molecule has 10 heteroatoms. The largest absolute Gasteiger partial charge is 0.494 e. The van der Waals surface area contributed by atoms with E-state index in [9.17, 15) is 9.59 Å². The molecule has 2 heterocycles. The van der Waals surface area contributed by atoms with E-state index in [0.29, 0.717) is 42.1 Å². The lowest BCUT2D eigenvalue weighted by Gasteiger charge is -2.37. The molecule has 0 spiro atoms. The van der Waals surface area contributed by atoms with Crippen molar-refractivity contribution in [1.29, 1.82) is 10.7 Å². The minimum Gasteiger partial charge on any atom is -0.494 e. The number of hydrogen-bond acceptors (Lipinski definition) is 8. The van der Waals surface area contributed by atoms with E-state index >= 15 is 0 Å². The summed E-state index contributed by atoms with van der Waals surface area (Å²) in [4.78, 5) is 32.4. The standard InChI is InChI=1S/C31H40N6O4/c1-7-41-27-16-21-18-37(29(33)22(21)17-23(27)30(39)34-5)19-26(38)20-14-24(31(2,3)4)28(40-6)25(15-20)36-12-10-35(9-8-32)11-13-36/h14-17,33H,7,9-13,18-19H2,1-6H3,(H,34,39). The first-order valence-electron chi connectivity index (χ1n) is 14.0. The first-order valence-corrected chi connectivity index (χ1v) is 14.0. The number of nitrogens with zero attached hydrogens (tertiary/aromatic N) is 4. The number of nitriles is 1. The molecule has 41 heavy (non-hydrogen) atoms. The normalized spacial score (nSPS) is 15.4. The number of fused-ring (bicyclic) bond motifs is 1. The first kappa shape index (κ1) is 29.9. The van der Waals surface area contributed by atoms with Crippen LogP contribution in [0.1, 0.15) is 65.1 Å². The number of amidine groups is 1. The van der Waals surface area contributed by atoms with E-state index < -0.39 is 0 Å². The number of ketones is 1. The van der Waals surface area contributed by atoms with Gasteiger partial charge in [0.1, 0.15) is 17.3 Å². The van der Waals surface area contributed by atoms with Crippen LogP contribution in [0.25, 0.3) is 0 Å². The van der Waals surface area contributed by atoms with Gasteiger partial charge in [0.2, 0.25) is 0 Å². The number of ether oxygens (including phenoxy) is 2. The van der Waals surface area contributed by atoms with Gasteiger partial charge in [0.15, 0.2) is 5.78 Å². The SMILES string of the molecule is CCOc1cc2c(cc1C(=O)NC)C(=N)N(CC(=O)c1cc(N3CCN(CC#N)CC3)c(OC)c(C(C)(C)C)c1)C2. The first-order chi connectivity index (χ1) is 19.5. The molecule has 0 saturated carbocycles. The summed E-state index contributed by atoms with van der Waals surface area (Å²) in [6, 6.07) is 9.53. The molecular weight excluding hydrogens is 520 g/mol. The van der Waals surface area contributed by atoms with Crippen molar-refractivity contribution in [3.05, 3.63) is 52.1 Å². The maximum absolute atomic E-state index is 13.8. The van der Waals surface area contributed by atoms with Crippen LogP contribution in [0.3, 0.4) is 0 Å². The fourth-order valence-electron chi connectivity index (χ4n) is 5.44. The maximum Gasteiger partial charge on any atom is 0.254 e. The van der Waals surface area contributed by atoms with Crippen LogP contribution in [-0.4, -0.2) is 87.4 Å². The molecule has 4 rings (SSSR count). The van der Waals surface area contributed by atoms with Gasteiger partial charge in [0.05, 0.1) is 44.1 Å². The van der Waals surface area contributed by atoms with Crippen molar-refractivity contribution in [2.75, 3.05) is 64.9 Å². The van der Waals surface area contributed by atoms with Gasteiger partial charge in [-0.3, -0.25) is 19.9 Å². The topological polar surface area (TPSA) is 122 Å². The number of Topliss-reactive ketones (excluding diaryl/α,β-unsaturated/α-hetero) is 1. The zero-order valence-corrected chi connectivity index (χ0v) is 24.9. The van der Waals surface area contributed by atoms with Gasteiger partial charge in [-0.25, -0.2) is 0 Å². The second-order valence-electron chi connectivity index (χ2n) is 11.4. The van der Waals surface area contributed by atoms with Crippen molar-refractivity contribution in [1.82, 2.24) is 15.1 Å². The van der Waals surface area contributed by atoms with Gasteiger partial charge in [-0.1, -0.05) is 20.8 Å². The number of amides is 1. The van der Waals surface area contributed by atoms with Crippen molar-refractivity contribution in [2.45, 2.75) is 39.7 Å². The Morgan fingerprint density at radius 3 is 2.41 bits per heavy atom. The van der Waals surface area contributed by atoms with Gasteiger partial charge in [0, 0.05) is 56.5 Å². The van der Waals surface area contributed by atoms with E-state index in [4.69, 9.17) is 20.1 Å². The minimum absolute atomic E-state index is 0.0259. The van der Waals surface area contributed by atoms with Gasteiger partial charge in [-0.2, -0.15) is 5.26 Å². The molecule has 0 radical (unpaired) electrons. The quantitative estimate of drug-likeness (QED) is 0.354. The highest BCUT2D eigenvalue weighted by Crippen LogP contribution is 2.41. The number of anilines is 1. The summed E-state index contributed by atoms with van der Waals surface area (Å²) in [5.74, 6) is 1.05. The zero-order valence-electron chi connectivity index (χ0n) is 24.9. The molecular formula is C31H40N6O4. The molecule has 10 nitrogen and oxygen atoms in total. The Kier molecular flexibility index (Phi) is 8.88. The number of nitrogens with one attached hydrogen (secondary N) is 2. The summed E-state index contributed by atoms with van der Waals surface area (Å²) in [5.41, 5.74) is 3.95. The van der Waals surface area contributed by atoms with Crippen molar-refractivity contribution >= 4 is 23.2 Å². The molecule has 0 atom stereocenters. The Bertz CT molecular complexity index is 1380. The fraction of sp³-hybridized carbons (Fsp3) is 0.484. The van der Waals surface area contributed by atoms with Crippen LogP contribution in [0.4, 0.5) is 5.69 Å². The van der Waals surface area contributed by atoms with Gasteiger partial charge < -0.3 is 24.6 Å². The summed E-state index contributed by atoms with van der Waals surface area (Å²) in [5, 5.41) is 20.5. The van der Waals surface area contributed by atoms with Crippen LogP contribution in [0.2, 0.25) is 0 Å². The van der Waals surface area contributed by atoms with Gasteiger partial charge in [0.25, 0.3) is 5.91 Å². The maximum atomic E-state index is 13.8. The number of carbonyl (C=O) groups is 2. The predicted molar refractivity (Wildman–Crippen MR) is 159 cm³/mol. The molecule has 0 aromatic heterocycles. The average molecular weight is 561 g/mol. The molecule has 1 saturated heterocycles. The molecule has 1 amide bonds. The Morgan fingerprint density at radius 1 is 1.12 bits per heavy atom. The van der Waals surface area contributed by atoms with Crippen molar-refractivity contribution in [3.63, 3.8) is 0 Å². The van der Waals surface area contributed by atoms with Crippen LogP contribution in [0, 0.1) is 16.7 Å². The molecule has 0 unspecified atom stereocenters. The highest BCUT2D eigenvalue weighted by atomic mass is 16.5. The summed E-state index contributed by atoms with van der Waals surface area (Å²) < 4.78 is 11.6. The number of benzene rings is 2. The lowest BCUT2D eigenvalue weighted by Crippen LogP contribution is -2.46. The van der Waals surface area contributed by atoms with Gasteiger partial charge in [-0.05, 0) is 42.2 Å². The van der Waals surface area contributed by atoms with Crippen LogP contribution >= 0.6 is 0 Å². The third-order valence-corrected chi connectivity index (χ3v) is 7.65. The van der Waals surface area contributed by atoms with Crippen molar-refractivity contribution < 1.29 is 19.1 Å². The summed E-state index contributed by atoms with van der Waals surface area (Å²) in [6.07, 6.45) is 0. The van der Waals surface area contributed by atoms with Gasteiger partial charge >= 0.3 is 0 Å². The van der Waals surface area contributed by atoms with E-state index in [1.54, 1.807) is 31.2 Å². The summed E-state index contributed by atoms with van der Waals surface area (Å²) in [7, 11) is 3.22. The number of hydrogen-bond donors (Lipinski definition) is 2. The van der Waals surface area contributed by atoms with E-state index in [-0.39, 0.29) is 29.5 Å². The molecule has 218 valence electrons. The van der Waals surface area contributed by atoms with Crippen LogP contribution in [0.5, 0.6) is 11.5 Å². The van der Waals surface area contributed by atoms with Crippen molar-refractivity contribution in [2.24, 2.45) is 0 Å². The highest BCUT2D eigenvalue weighted by molar-refractivity contribution is 6.08. The number of piperazine rings is 1. The lowest BCUT2D eigenvalue weighted by atomic mass is 9.84. The third kappa shape index (κ3) is 6.15. The Labute approximate surface area is 242 Å². The van der Waals surface area contributed by atoms with E-state index in [0.717, 1.165) is 48.7 Å². The molecule has 1 fully saturated rings. The molecule has 2 aliphatic rings. The number of rotatable bonds is 9. The van der Waals surface area contributed by atoms with Gasteiger partial charge in [-0.15, -0.1) is 0 Å². The molecule has 0 bridgehead atoms.